The van der Waals surface area contributed by atoms with Crippen molar-refractivity contribution >= 4 is 33.7 Å². The van der Waals surface area contributed by atoms with Gasteiger partial charge in [0, 0.05) is 11.3 Å². The lowest BCUT2D eigenvalue weighted by Gasteiger charge is -2.02. The largest absolute Gasteiger partial charge is 0.454 e. The predicted molar refractivity (Wildman–Crippen MR) is 99.2 cm³/mol. The smallest absolute Gasteiger partial charge is 0.267 e. The van der Waals surface area contributed by atoms with Crippen LogP contribution in [0.4, 0.5) is 5.13 Å². The van der Waals surface area contributed by atoms with Crippen molar-refractivity contribution in [1.29, 1.82) is 0 Å². The minimum atomic E-state index is -0.101. The summed E-state index contributed by atoms with van der Waals surface area (Å²) in [5, 5.41) is 5.46. The Kier molecular flexibility index (Phi) is 4.19. The van der Waals surface area contributed by atoms with Crippen LogP contribution in [0.15, 0.2) is 29.6 Å². The Morgan fingerprint density at radius 2 is 2.08 bits per heavy atom. The maximum absolute atomic E-state index is 12.3. The van der Waals surface area contributed by atoms with E-state index in [0.717, 1.165) is 44.5 Å². The van der Waals surface area contributed by atoms with Crippen molar-refractivity contribution in [3.05, 3.63) is 56.2 Å². The number of nitrogens with zero attached hydrogens (tertiary/aromatic N) is 1. The van der Waals surface area contributed by atoms with Gasteiger partial charge in [-0.25, -0.2) is 4.98 Å². The molecule has 2 aromatic heterocycles. The number of hydrogen-bond acceptors (Lipinski definition) is 6. The van der Waals surface area contributed by atoms with Crippen molar-refractivity contribution in [2.75, 3.05) is 12.1 Å². The second-order valence-corrected chi connectivity index (χ2v) is 7.78. The van der Waals surface area contributed by atoms with Crippen LogP contribution in [0.1, 0.15) is 31.4 Å². The van der Waals surface area contributed by atoms with E-state index < -0.39 is 0 Å². The lowest BCUT2D eigenvalue weighted by atomic mass is 10.1. The maximum Gasteiger partial charge on any atom is 0.267 e. The van der Waals surface area contributed by atoms with Crippen molar-refractivity contribution in [3.8, 4) is 11.5 Å². The van der Waals surface area contributed by atoms with E-state index in [2.05, 4.69) is 10.3 Å². The Bertz CT molecular complexity index is 946. The van der Waals surface area contributed by atoms with Crippen molar-refractivity contribution in [2.45, 2.75) is 20.3 Å². The zero-order valence-corrected chi connectivity index (χ0v) is 15.4. The van der Waals surface area contributed by atoms with Crippen LogP contribution in [0.5, 0.6) is 11.5 Å². The van der Waals surface area contributed by atoms with Crippen molar-refractivity contribution in [3.63, 3.8) is 0 Å². The first-order valence-electron chi connectivity index (χ1n) is 7.80. The molecule has 5 nitrogen and oxygen atoms in total. The molecule has 1 aliphatic heterocycles. The number of thiophene rings is 1. The van der Waals surface area contributed by atoms with Gasteiger partial charge in [-0.15, -0.1) is 22.7 Å². The number of aromatic nitrogens is 1. The Hall–Kier alpha value is -2.38. The minimum Gasteiger partial charge on any atom is -0.454 e. The molecule has 0 saturated carbocycles. The molecule has 3 heterocycles. The number of hydrogen-bond donors (Lipinski definition) is 1. The van der Waals surface area contributed by atoms with Crippen LogP contribution in [-0.4, -0.2) is 17.7 Å². The summed E-state index contributed by atoms with van der Waals surface area (Å²) in [6.07, 6.45) is 0.744. The van der Waals surface area contributed by atoms with Gasteiger partial charge < -0.3 is 9.47 Å². The third-order valence-electron chi connectivity index (χ3n) is 3.98. The number of rotatable bonds is 4. The second-order valence-electron chi connectivity index (χ2n) is 5.78. The highest BCUT2D eigenvalue weighted by Crippen LogP contribution is 2.34. The Balaban J connectivity index is 1.50. The number of fused-ring (bicyclic) bond motifs is 1. The van der Waals surface area contributed by atoms with Gasteiger partial charge >= 0.3 is 0 Å². The van der Waals surface area contributed by atoms with E-state index in [1.165, 1.54) is 22.7 Å². The summed E-state index contributed by atoms with van der Waals surface area (Å²) in [4.78, 5) is 18.7. The van der Waals surface area contributed by atoms with E-state index in [4.69, 9.17) is 9.47 Å². The molecule has 3 aromatic rings. The van der Waals surface area contributed by atoms with Crippen molar-refractivity contribution < 1.29 is 14.3 Å². The number of thiazole rings is 1. The number of anilines is 1. The lowest BCUT2D eigenvalue weighted by molar-refractivity contribution is 0.103. The van der Waals surface area contributed by atoms with Gasteiger partial charge in [0.2, 0.25) is 6.79 Å². The molecule has 0 saturated heterocycles. The molecule has 0 fully saturated rings. The number of ether oxygens (including phenoxy) is 2. The van der Waals surface area contributed by atoms with Gasteiger partial charge in [0.15, 0.2) is 16.6 Å². The van der Waals surface area contributed by atoms with Crippen LogP contribution in [-0.2, 0) is 6.42 Å². The molecule has 25 heavy (non-hydrogen) atoms. The standard InChI is InChI=1S/C18H16N2O3S2/c1-10-5-6-24-16(10)17(21)20-18-19-11(2)15(25-18)8-12-3-4-13-14(7-12)23-9-22-13/h3-7H,8-9H2,1-2H3,(H,19,20,21). The first-order chi connectivity index (χ1) is 12.1. The molecule has 0 atom stereocenters. The van der Waals surface area contributed by atoms with Gasteiger partial charge in [-0.2, -0.15) is 0 Å². The van der Waals surface area contributed by atoms with Gasteiger partial charge in [-0.05, 0) is 48.6 Å². The van der Waals surface area contributed by atoms with Gasteiger partial charge in [-0.1, -0.05) is 6.07 Å². The van der Waals surface area contributed by atoms with E-state index in [1.807, 2.05) is 43.5 Å². The van der Waals surface area contributed by atoms with Crippen LogP contribution in [0, 0.1) is 13.8 Å². The second kappa shape index (κ2) is 6.50. The zero-order chi connectivity index (χ0) is 17.4. The molecule has 0 spiro atoms. The molecule has 0 bridgehead atoms. The SMILES string of the molecule is Cc1ccsc1C(=O)Nc1nc(C)c(Cc2ccc3c(c2)OCO3)s1. The number of amides is 1. The summed E-state index contributed by atoms with van der Waals surface area (Å²) in [6.45, 7) is 4.17. The van der Waals surface area contributed by atoms with Crippen molar-refractivity contribution in [1.82, 2.24) is 4.98 Å². The molecule has 1 amide bonds. The fraction of sp³-hybridized carbons (Fsp3) is 0.222. The highest BCUT2D eigenvalue weighted by atomic mass is 32.1. The van der Waals surface area contributed by atoms with Crippen LogP contribution in [0.2, 0.25) is 0 Å². The van der Waals surface area contributed by atoms with E-state index in [9.17, 15) is 4.79 Å². The fourth-order valence-corrected chi connectivity index (χ4v) is 4.45. The van der Waals surface area contributed by atoms with Gasteiger partial charge in [0.05, 0.1) is 10.6 Å². The molecule has 0 radical (unpaired) electrons. The average Bonchev–Trinajstić information content (AvgIpc) is 3.28. The molecule has 0 aliphatic carbocycles. The molecule has 0 unspecified atom stereocenters. The summed E-state index contributed by atoms with van der Waals surface area (Å²) >= 11 is 2.95. The quantitative estimate of drug-likeness (QED) is 0.738. The molecule has 1 N–H and O–H groups in total. The Morgan fingerprint density at radius 1 is 1.24 bits per heavy atom. The highest BCUT2D eigenvalue weighted by Gasteiger charge is 2.17. The van der Waals surface area contributed by atoms with Crippen LogP contribution in [0.25, 0.3) is 0 Å². The number of aryl methyl sites for hydroxylation is 2. The highest BCUT2D eigenvalue weighted by molar-refractivity contribution is 7.16. The summed E-state index contributed by atoms with van der Waals surface area (Å²) in [6, 6.07) is 7.89. The minimum absolute atomic E-state index is 0.101. The van der Waals surface area contributed by atoms with Gasteiger partial charge in [0.25, 0.3) is 5.91 Å². The summed E-state index contributed by atoms with van der Waals surface area (Å²) in [5.41, 5.74) is 3.04. The van der Waals surface area contributed by atoms with Crippen LogP contribution < -0.4 is 14.8 Å². The normalized spacial score (nSPS) is 12.4. The van der Waals surface area contributed by atoms with Crippen molar-refractivity contribution in [2.24, 2.45) is 0 Å². The van der Waals surface area contributed by atoms with E-state index in [1.54, 1.807) is 0 Å². The average molecular weight is 372 g/mol. The molecule has 128 valence electrons. The monoisotopic (exact) mass is 372 g/mol. The fourth-order valence-electron chi connectivity index (χ4n) is 2.64. The summed E-state index contributed by atoms with van der Waals surface area (Å²) in [5.74, 6) is 1.46. The maximum atomic E-state index is 12.3. The summed E-state index contributed by atoms with van der Waals surface area (Å²) < 4.78 is 10.8. The van der Waals surface area contributed by atoms with Crippen LogP contribution in [0.3, 0.4) is 0 Å². The van der Waals surface area contributed by atoms with E-state index >= 15 is 0 Å². The van der Waals surface area contributed by atoms with Gasteiger partial charge in [0.1, 0.15) is 0 Å². The molecule has 1 aliphatic rings. The number of nitrogens with one attached hydrogen (secondary N) is 1. The predicted octanol–water partition coefficient (Wildman–Crippen LogP) is 4.39. The molecular weight excluding hydrogens is 356 g/mol. The van der Waals surface area contributed by atoms with E-state index in [0.29, 0.717) is 5.13 Å². The number of carbonyl (C=O) groups is 1. The zero-order valence-electron chi connectivity index (χ0n) is 13.8. The van der Waals surface area contributed by atoms with Crippen LogP contribution >= 0.6 is 22.7 Å². The summed E-state index contributed by atoms with van der Waals surface area (Å²) in [7, 11) is 0. The first-order valence-corrected chi connectivity index (χ1v) is 9.50. The van der Waals surface area contributed by atoms with Gasteiger partial charge in [-0.3, -0.25) is 10.1 Å². The molecule has 4 rings (SSSR count). The third kappa shape index (κ3) is 3.25. The topological polar surface area (TPSA) is 60.5 Å². The first kappa shape index (κ1) is 16.1. The Morgan fingerprint density at radius 3 is 2.88 bits per heavy atom. The molecule has 7 heteroatoms. The number of benzene rings is 1. The van der Waals surface area contributed by atoms with E-state index in [-0.39, 0.29) is 12.7 Å². The molecule has 1 aromatic carbocycles. The third-order valence-corrected chi connectivity index (χ3v) is 6.07. The molecular formula is C18H16N2O3S2. The lowest BCUT2D eigenvalue weighted by Crippen LogP contribution is -2.10. The number of carbonyl (C=O) groups excluding carboxylic acids is 1. The Labute approximate surface area is 153 Å².